The normalized spacial score (nSPS) is 17.5. The number of likely N-dealkylation sites (tertiary alicyclic amines) is 1. The second kappa shape index (κ2) is 7.93. The van der Waals surface area contributed by atoms with Crippen LogP contribution in [0.1, 0.15) is 43.0 Å². The fraction of sp³-hybridized carbons (Fsp3) is 0.429. The van der Waals surface area contributed by atoms with Gasteiger partial charge in [-0.05, 0) is 70.0 Å². The number of halogens is 1. The maximum atomic E-state index is 13.3. The first-order valence-corrected chi connectivity index (χ1v) is 9.34. The quantitative estimate of drug-likeness (QED) is 0.890. The van der Waals surface area contributed by atoms with Crippen LogP contribution < -0.4 is 5.32 Å². The standard InChI is InChI=1S/C21H25FN4O/c1-14-6-4-5-11-25(14)13-20(27)24-21-19(12-23)15(2)16(3)26(21)18-9-7-17(22)8-10-18/h7-10,14H,4-6,11,13H2,1-3H3,(H,24,27)/t14-/m0/s1. The number of nitriles is 1. The zero-order valence-electron chi connectivity index (χ0n) is 16.1. The van der Waals surface area contributed by atoms with E-state index in [1.54, 1.807) is 12.1 Å². The molecular weight excluding hydrogens is 343 g/mol. The highest BCUT2D eigenvalue weighted by atomic mass is 19.1. The van der Waals surface area contributed by atoms with E-state index in [0.29, 0.717) is 29.7 Å². The summed E-state index contributed by atoms with van der Waals surface area (Å²) >= 11 is 0. The van der Waals surface area contributed by atoms with Gasteiger partial charge in [0.15, 0.2) is 0 Å². The van der Waals surface area contributed by atoms with E-state index in [0.717, 1.165) is 30.6 Å². The van der Waals surface area contributed by atoms with Crippen molar-refractivity contribution < 1.29 is 9.18 Å². The Kier molecular flexibility index (Phi) is 5.62. The minimum Gasteiger partial charge on any atom is -0.310 e. The lowest BCUT2D eigenvalue weighted by atomic mass is 10.0. The number of hydrogen-bond acceptors (Lipinski definition) is 3. The number of benzene rings is 1. The van der Waals surface area contributed by atoms with Gasteiger partial charge in [0.25, 0.3) is 0 Å². The number of amides is 1. The molecule has 0 radical (unpaired) electrons. The molecule has 0 unspecified atom stereocenters. The van der Waals surface area contributed by atoms with Gasteiger partial charge in [0, 0.05) is 17.4 Å². The van der Waals surface area contributed by atoms with Crippen molar-refractivity contribution in [1.82, 2.24) is 9.47 Å². The fourth-order valence-corrected chi connectivity index (χ4v) is 3.72. The van der Waals surface area contributed by atoms with Crippen molar-refractivity contribution in [2.24, 2.45) is 0 Å². The number of carbonyl (C=O) groups excluding carboxylic acids is 1. The second-order valence-electron chi connectivity index (χ2n) is 7.22. The maximum Gasteiger partial charge on any atom is 0.239 e. The van der Waals surface area contributed by atoms with Crippen LogP contribution in [0.2, 0.25) is 0 Å². The third-order valence-corrected chi connectivity index (χ3v) is 5.46. The molecule has 3 rings (SSSR count). The summed E-state index contributed by atoms with van der Waals surface area (Å²) in [6.07, 6.45) is 3.40. The maximum absolute atomic E-state index is 13.3. The fourth-order valence-electron chi connectivity index (χ4n) is 3.72. The second-order valence-corrected chi connectivity index (χ2v) is 7.22. The van der Waals surface area contributed by atoms with E-state index < -0.39 is 0 Å². The number of rotatable bonds is 4. The Morgan fingerprint density at radius 3 is 2.63 bits per heavy atom. The predicted octanol–water partition coefficient (Wildman–Crippen LogP) is 3.92. The van der Waals surface area contributed by atoms with E-state index in [2.05, 4.69) is 23.2 Å². The minimum atomic E-state index is -0.328. The zero-order chi connectivity index (χ0) is 19.6. The molecule has 1 fully saturated rings. The summed E-state index contributed by atoms with van der Waals surface area (Å²) < 4.78 is 15.1. The number of aromatic nitrogens is 1. The van der Waals surface area contributed by atoms with Crippen molar-refractivity contribution in [3.05, 3.63) is 46.9 Å². The summed E-state index contributed by atoms with van der Waals surface area (Å²) in [5, 5.41) is 12.6. The van der Waals surface area contributed by atoms with E-state index in [-0.39, 0.29) is 11.7 Å². The summed E-state index contributed by atoms with van der Waals surface area (Å²) in [6.45, 7) is 7.11. The van der Waals surface area contributed by atoms with Crippen LogP contribution in [0.15, 0.2) is 24.3 Å². The van der Waals surface area contributed by atoms with Crippen LogP contribution >= 0.6 is 0 Å². The van der Waals surface area contributed by atoms with E-state index >= 15 is 0 Å². The molecule has 6 heteroatoms. The first-order valence-electron chi connectivity index (χ1n) is 9.34. The monoisotopic (exact) mass is 368 g/mol. The van der Waals surface area contributed by atoms with Crippen LogP contribution in [0, 0.1) is 31.0 Å². The molecule has 0 aliphatic carbocycles. The van der Waals surface area contributed by atoms with E-state index in [4.69, 9.17) is 0 Å². The van der Waals surface area contributed by atoms with Crippen LogP contribution in [0.25, 0.3) is 5.69 Å². The first-order chi connectivity index (χ1) is 12.9. The molecule has 0 bridgehead atoms. The molecule has 1 aromatic carbocycles. The number of nitrogens with one attached hydrogen (secondary N) is 1. The molecule has 2 aromatic rings. The van der Waals surface area contributed by atoms with Crippen molar-refractivity contribution >= 4 is 11.7 Å². The molecule has 27 heavy (non-hydrogen) atoms. The number of nitrogens with zero attached hydrogens (tertiary/aromatic N) is 3. The minimum absolute atomic E-state index is 0.138. The van der Waals surface area contributed by atoms with Gasteiger partial charge in [0.2, 0.25) is 5.91 Å². The summed E-state index contributed by atoms with van der Waals surface area (Å²) in [4.78, 5) is 14.9. The third kappa shape index (κ3) is 3.88. The summed E-state index contributed by atoms with van der Waals surface area (Å²) in [7, 11) is 0. The first kappa shape index (κ1) is 19.1. The number of anilines is 1. The topological polar surface area (TPSA) is 61.1 Å². The van der Waals surface area contributed by atoms with E-state index in [1.807, 2.05) is 18.4 Å². The molecule has 142 valence electrons. The van der Waals surface area contributed by atoms with Gasteiger partial charge >= 0.3 is 0 Å². The molecule has 5 nitrogen and oxygen atoms in total. The molecule has 1 aliphatic rings. The molecule has 0 spiro atoms. The Morgan fingerprint density at radius 1 is 1.30 bits per heavy atom. The molecule has 1 amide bonds. The van der Waals surface area contributed by atoms with Crippen LogP contribution in [0.3, 0.4) is 0 Å². The molecule has 1 atom stereocenters. The Morgan fingerprint density at radius 2 is 2.00 bits per heavy atom. The Balaban J connectivity index is 1.92. The van der Waals surface area contributed by atoms with Gasteiger partial charge in [-0.2, -0.15) is 5.26 Å². The molecular formula is C21H25FN4O. The van der Waals surface area contributed by atoms with E-state index in [9.17, 15) is 14.4 Å². The van der Waals surface area contributed by atoms with Gasteiger partial charge in [-0.1, -0.05) is 6.42 Å². The van der Waals surface area contributed by atoms with Gasteiger partial charge in [-0.25, -0.2) is 4.39 Å². The third-order valence-electron chi connectivity index (χ3n) is 5.46. The number of hydrogen-bond donors (Lipinski definition) is 1. The summed E-state index contributed by atoms with van der Waals surface area (Å²) in [5.74, 6) is -0.0136. The number of carbonyl (C=O) groups is 1. The average molecular weight is 368 g/mol. The van der Waals surface area contributed by atoms with Crippen molar-refractivity contribution in [2.45, 2.75) is 46.1 Å². The van der Waals surface area contributed by atoms with Crippen molar-refractivity contribution in [3.63, 3.8) is 0 Å². The average Bonchev–Trinajstić information content (AvgIpc) is 2.88. The van der Waals surface area contributed by atoms with Gasteiger partial charge in [-0.15, -0.1) is 0 Å². The van der Waals surface area contributed by atoms with E-state index in [1.165, 1.54) is 18.6 Å². The van der Waals surface area contributed by atoms with Crippen LogP contribution in [0.5, 0.6) is 0 Å². The Labute approximate surface area is 159 Å². The lowest BCUT2D eigenvalue weighted by Gasteiger charge is -2.32. The predicted molar refractivity (Wildman–Crippen MR) is 103 cm³/mol. The molecule has 1 saturated heterocycles. The van der Waals surface area contributed by atoms with Crippen LogP contribution in [-0.2, 0) is 4.79 Å². The SMILES string of the molecule is Cc1c(C#N)c(NC(=O)CN2CCCC[C@@H]2C)n(-c2ccc(F)cc2)c1C. The van der Waals surface area contributed by atoms with Crippen LogP contribution in [0.4, 0.5) is 10.2 Å². The highest BCUT2D eigenvalue weighted by Crippen LogP contribution is 2.30. The zero-order valence-corrected chi connectivity index (χ0v) is 16.1. The summed E-state index contributed by atoms with van der Waals surface area (Å²) in [5.41, 5.74) is 2.81. The smallest absolute Gasteiger partial charge is 0.239 e. The molecule has 0 saturated carbocycles. The largest absolute Gasteiger partial charge is 0.310 e. The molecule has 1 aliphatic heterocycles. The Bertz CT molecular complexity index is 879. The van der Waals surface area contributed by atoms with Gasteiger partial charge in [-0.3, -0.25) is 14.3 Å². The lowest BCUT2D eigenvalue weighted by Crippen LogP contribution is -2.42. The van der Waals surface area contributed by atoms with Crippen molar-refractivity contribution in [3.8, 4) is 11.8 Å². The summed E-state index contributed by atoms with van der Waals surface area (Å²) in [6, 6.07) is 8.62. The van der Waals surface area contributed by atoms with Gasteiger partial charge in [0.1, 0.15) is 17.7 Å². The molecule has 1 aromatic heterocycles. The molecule has 2 heterocycles. The Hall–Kier alpha value is -2.65. The van der Waals surface area contributed by atoms with Crippen molar-refractivity contribution in [1.29, 1.82) is 5.26 Å². The van der Waals surface area contributed by atoms with Crippen molar-refractivity contribution in [2.75, 3.05) is 18.4 Å². The van der Waals surface area contributed by atoms with Gasteiger partial charge < -0.3 is 5.32 Å². The van der Waals surface area contributed by atoms with Gasteiger partial charge in [0.05, 0.1) is 12.1 Å². The lowest BCUT2D eigenvalue weighted by molar-refractivity contribution is -0.118. The highest BCUT2D eigenvalue weighted by Gasteiger charge is 2.24. The highest BCUT2D eigenvalue weighted by molar-refractivity contribution is 5.93. The molecule has 1 N–H and O–H groups in total. The van der Waals surface area contributed by atoms with Crippen LogP contribution in [-0.4, -0.2) is 34.5 Å². The number of piperidine rings is 1.